The minimum atomic E-state index is -0.0268. The topological polar surface area (TPSA) is 57.8 Å². The minimum absolute atomic E-state index is 0.0268. The van der Waals surface area contributed by atoms with Gasteiger partial charge in [-0.25, -0.2) is 4.98 Å². The minimum Gasteiger partial charge on any atom is -0.345 e. The van der Waals surface area contributed by atoms with Crippen molar-refractivity contribution in [1.29, 1.82) is 0 Å². The monoisotopic (exact) mass is 251 g/mol. The molecule has 0 spiro atoms. The molecular formula is C15H13N3O. The van der Waals surface area contributed by atoms with Crippen LogP contribution in [0.25, 0.3) is 11.0 Å². The van der Waals surface area contributed by atoms with Gasteiger partial charge >= 0.3 is 0 Å². The van der Waals surface area contributed by atoms with E-state index in [1.165, 1.54) is 0 Å². The van der Waals surface area contributed by atoms with Gasteiger partial charge in [-0.2, -0.15) is 0 Å². The number of rotatable bonds is 3. The first kappa shape index (κ1) is 11.5. The Bertz CT molecular complexity index is 703. The van der Waals surface area contributed by atoms with Crippen LogP contribution in [0.5, 0.6) is 0 Å². The highest BCUT2D eigenvalue weighted by molar-refractivity contribution is 5.94. The Morgan fingerprint density at radius 1 is 1.16 bits per heavy atom. The van der Waals surface area contributed by atoms with Crippen LogP contribution >= 0.6 is 0 Å². The standard InChI is InChI=1S/C15H13N3O/c19-15(8-11-4-2-1-3-5-11)18-12-6-7-13-14(9-12)17-10-16-13/h1-7,9-10H,8H2,(H,16,17)(H,18,19). The molecule has 4 nitrogen and oxygen atoms in total. The number of benzene rings is 2. The molecule has 2 aromatic carbocycles. The third kappa shape index (κ3) is 2.63. The maximum atomic E-state index is 11.9. The molecule has 0 saturated heterocycles. The van der Waals surface area contributed by atoms with E-state index in [1.807, 2.05) is 48.5 Å². The van der Waals surface area contributed by atoms with Gasteiger partial charge in [0, 0.05) is 5.69 Å². The van der Waals surface area contributed by atoms with Crippen molar-refractivity contribution < 1.29 is 4.79 Å². The maximum absolute atomic E-state index is 11.9. The molecule has 1 heterocycles. The number of aromatic amines is 1. The Morgan fingerprint density at radius 3 is 2.84 bits per heavy atom. The van der Waals surface area contributed by atoms with Crippen LogP contribution in [-0.4, -0.2) is 15.9 Å². The highest BCUT2D eigenvalue weighted by Crippen LogP contribution is 2.15. The number of aromatic nitrogens is 2. The van der Waals surface area contributed by atoms with Crippen LogP contribution < -0.4 is 5.32 Å². The number of carbonyl (C=O) groups is 1. The van der Waals surface area contributed by atoms with E-state index in [0.717, 1.165) is 22.3 Å². The Kier molecular flexibility index (Phi) is 2.98. The molecule has 0 aliphatic rings. The normalized spacial score (nSPS) is 10.5. The van der Waals surface area contributed by atoms with Crippen LogP contribution in [0, 0.1) is 0 Å². The van der Waals surface area contributed by atoms with Crippen LogP contribution in [0.2, 0.25) is 0 Å². The zero-order valence-electron chi connectivity index (χ0n) is 10.3. The molecule has 1 amide bonds. The highest BCUT2D eigenvalue weighted by atomic mass is 16.1. The van der Waals surface area contributed by atoms with Gasteiger partial charge in [0.15, 0.2) is 0 Å². The summed E-state index contributed by atoms with van der Waals surface area (Å²) in [4.78, 5) is 19.1. The van der Waals surface area contributed by atoms with Crippen LogP contribution in [-0.2, 0) is 11.2 Å². The van der Waals surface area contributed by atoms with Gasteiger partial charge in [-0.15, -0.1) is 0 Å². The average molecular weight is 251 g/mol. The van der Waals surface area contributed by atoms with Gasteiger partial charge in [0.25, 0.3) is 0 Å². The summed E-state index contributed by atoms with van der Waals surface area (Å²) >= 11 is 0. The second kappa shape index (κ2) is 4.94. The van der Waals surface area contributed by atoms with E-state index in [-0.39, 0.29) is 5.91 Å². The van der Waals surface area contributed by atoms with Gasteiger partial charge in [-0.1, -0.05) is 30.3 Å². The molecule has 19 heavy (non-hydrogen) atoms. The lowest BCUT2D eigenvalue weighted by molar-refractivity contribution is -0.115. The van der Waals surface area contributed by atoms with Gasteiger partial charge in [0.05, 0.1) is 23.8 Å². The SMILES string of the molecule is O=C(Cc1ccccc1)Nc1ccc2[nH]cnc2c1. The molecule has 2 N–H and O–H groups in total. The predicted molar refractivity (Wildman–Crippen MR) is 74.9 cm³/mol. The molecule has 3 rings (SSSR count). The average Bonchev–Trinajstić information content (AvgIpc) is 2.87. The van der Waals surface area contributed by atoms with Crippen molar-refractivity contribution in [3.8, 4) is 0 Å². The molecule has 0 bridgehead atoms. The highest BCUT2D eigenvalue weighted by Gasteiger charge is 2.05. The van der Waals surface area contributed by atoms with Crippen molar-refractivity contribution in [3.05, 3.63) is 60.4 Å². The number of nitrogens with one attached hydrogen (secondary N) is 2. The Hall–Kier alpha value is -2.62. The molecule has 3 aromatic rings. The van der Waals surface area contributed by atoms with Gasteiger partial charge < -0.3 is 10.3 Å². The third-order valence-electron chi connectivity index (χ3n) is 2.91. The molecular weight excluding hydrogens is 238 g/mol. The van der Waals surface area contributed by atoms with Crippen LogP contribution in [0.3, 0.4) is 0 Å². The summed E-state index contributed by atoms with van der Waals surface area (Å²) in [6.07, 6.45) is 2.01. The summed E-state index contributed by atoms with van der Waals surface area (Å²) in [5.41, 5.74) is 3.57. The Labute approximate surface area is 110 Å². The zero-order chi connectivity index (χ0) is 13.1. The second-order valence-electron chi connectivity index (χ2n) is 4.35. The number of imidazole rings is 1. The number of carbonyl (C=O) groups excluding carboxylic acids is 1. The van der Waals surface area contributed by atoms with Crippen molar-refractivity contribution >= 4 is 22.6 Å². The van der Waals surface area contributed by atoms with Gasteiger partial charge in [0.1, 0.15) is 0 Å². The molecule has 0 saturated carbocycles. The molecule has 0 atom stereocenters. The van der Waals surface area contributed by atoms with E-state index in [0.29, 0.717) is 6.42 Å². The van der Waals surface area contributed by atoms with Gasteiger partial charge in [-0.05, 0) is 23.8 Å². The lowest BCUT2D eigenvalue weighted by atomic mass is 10.1. The van der Waals surface area contributed by atoms with Crippen molar-refractivity contribution in [2.75, 3.05) is 5.32 Å². The Balaban J connectivity index is 1.72. The zero-order valence-corrected chi connectivity index (χ0v) is 10.3. The molecule has 4 heteroatoms. The number of anilines is 1. The molecule has 0 radical (unpaired) electrons. The molecule has 0 fully saturated rings. The molecule has 0 aliphatic heterocycles. The predicted octanol–water partition coefficient (Wildman–Crippen LogP) is 2.74. The third-order valence-corrected chi connectivity index (χ3v) is 2.91. The number of nitrogens with zero attached hydrogens (tertiary/aromatic N) is 1. The number of amides is 1. The summed E-state index contributed by atoms with van der Waals surface area (Å²) < 4.78 is 0. The first-order valence-electron chi connectivity index (χ1n) is 6.08. The summed E-state index contributed by atoms with van der Waals surface area (Å²) in [5.74, 6) is -0.0268. The second-order valence-corrected chi connectivity index (χ2v) is 4.35. The van der Waals surface area contributed by atoms with Crippen molar-refractivity contribution in [3.63, 3.8) is 0 Å². The first-order chi connectivity index (χ1) is 9.31. The van der Waals surface area contributed by atoms with Gasteiger partial charge in [-0.3, -0.25) is 4.79 Å². The van der Waals surface area contributed by atoms with E-state index in [4.69, 9.17) is 0 Å². The smallest absolute Gasteiger partial charge is 0.228 e. The van der Waals surface area contributed by atoms with Crippen molar-refractivity contribution in [2.45, 2.75) is 6.42 Å². The largest absolute Gasteiger partial charge is 0.345 e. The van der Waals surface area contributed by atoms with E-state index in [2.05, 4.69) is 15.3 Å². The molecule has 0 unspecified atom stereocenters. The number of fused-ring (bicyclic) bond motifs is 1. The lowest BCUT2D eigenvalue weighted by Gasteiger charge is -2.05. The van der Waals surface area contributed by atoms with Crippen LogP contribution in [0.1, 0.15) is 5.56 Å². The molecule has 94 valence electrons. The van der Waals surface area contributed by atoms with Crippen molar-refractivity contribution in [2.24, 2.45) is 0 Å². The van der Waals surface area contributed by atoms with Crippen molar-refractivity contribution in [1.82, 2.24) is 9.97 Å². The number of hydrogen-bond acceptors (Lipinski definition) is 2. The quantitative estimate of drug-likeness (QED) is 0.752. The molecule has 0 aliphatic carbocycles. The Morgan fingerprint density at radius 2 is 2.00 bits per heavy atom. The summed E-state index contributed by atoms with van der Waals surface area (Å²) in [7, 11) is 0. The molecule has 1 aromatic heterocycles. The van der Waals surface area contributed by atoms with Crippen LogP contribution in [0.15, 0.2) is 54.9 Å². The number of H-pyrrole nitrogens is 1. The van der Waals surface area contributed by atoms with E-state index in [1.54, 1.807) is 6.33 Å². The summed E-state index contributed by atoms with van der Waals surface area (Å²) in [6, 6.07) is 15.3. The van der Waals surface area contributed by atoms with E-state index in [9.17, 15) is 4.79 Å². The van der Waals surface area contributed by atoms with E-state index >= 15 is 0 Å². The fourth-order valence-electron chi connectivity index (χ4n) is 2.00. The fourth-order valence-corrected chi connectivity index (χ4v) is 2.00. The fraction of sp³-hybridized carbons (Fsp3) is 0.0667. The van der Waals surface area contributed by atoms with Crippen LogP contribution in [0.4, 0.5) is 5.69 Å². The van der Waals surface area contributed by atoms with E-state index < -0.39 is 0 Å². The summed E-state index contributed by atoms with van der Waals surface area (Å²) in [6.45, 7) is 0. The summed E-state index contributed by atoms with van der Waals surface area (Å²) in [5, 5.41) is 2.88. The first-order valence-corrected chi connectivity index (χ1v) is 6.08. The lowest BCUT2D eigenvalue weighted by Crippen LogP contribution is -2.14. The number of hydrogen-bond donors (Lipinski definition) is 2. The van der Waals surface area contributed by atoms with Gasteiger partial charge in [0.2, 0.25) is 5.91 Å². The maximum Gasteiger partial charge on any atom is 0.228 e.